The molecule has 0 saturated heterocycles. The van der Waals surface area contributed by atoms with Gasteiger partial charge in [-0.3, -0.25) is 10.1 Å². The number of aromatic amines is 2. The molecule has 2 aromatic rings. The fourth-order valence-electron chi connectivity index (χ4n) is 2.25. The van der Waals surface area contributed by atoms with Crippen LogP contribution in [0.15, 0.2) is 18.7 Å². The summed E-state index contributed by atoms with van der Waals surface area (Å²) < 4.78 is 0. The van der Waals surface area contributed by atoms with Gasteiger partial charge in [-0.05, 0) is 6.92 Å². The highest BCUT2D eigenvalue weighted by atomic mass is 16.2. The van der Waals surface area contributed by atoms with E-state index in [1.165, 1.54) is 0 Å². The van der Waals surface area contributed by atoms with Gasteiger partial charge in [-0.1, -0.05) is 0 Å². The first-order valence-electron chi connectivity index (χ1n) is 6.28. The number of hydrogen-bond donors (Lipinski definition) is 4. The summed E-state index contributed by atoms with van der Waals surface area (Å²) in [6, 6.07) is -0.377. The molecule has 2 unspecified atom stereocenters. The molecule has 0 aliphatic carbocycles. The molecule has 4 N–H and O–H groups in total. The number of nitrogens with one attached hydrogen (secondary N) is 4. The van der Waals surface area contributed by atoms with E-state index in [0.29, 0.717) is 13.0 Å². The third-order valence-corrected chi connectivity index (χ3v) is 3.34. The average Bonchev–Trinajstić information content (AvgIpc) is 3.09. The Kier molecular flexibility index (Phi) is 3.04. The first-order valence-corrected chi connectivity index (χ1v) is 6.28. The van der Waals surface area contributed by atoms with E-state index in [-0.39, 0.29) is 18.0 Å². The average molecular weight is 260 g/mol. The summed E-state index contributed by atoms with van der Waals surface area (Å²) >= 11 is 0. The van der Waals surface area contributed by atoms with Crippen molar-refractivity contribution in [3.8, 4) is 0 Å². The van der Waals surface area contributed by atoms with Crippen molar-refractivity contribution in [2.24, 2.45) is 0 Å². The van der Waals surface area contributed by atoms with Gasteiger partial charge >= 0.3 is 0 Å². The zero-order valence-electron chi connectivity index (χ0n) is 10.6. The van der Waals surface area contributed by atoms with Crippen molar-refractivity contribution in [3.05, 3.63) is 35.9 Å². The van der Waals surface area contributed by atoms with E-state index in [0.717, 1.165) is 17.2 Å². The Labute approximate surface area is 110 Å². The van der Waals surface area contributed by atoms with Crippen LogP contribution in [0.3, 0.4) is 0 Å². The zero-order valence-corrected chi connectivity index (χ0v) is 10.6. The lowest BCUT2D eigenvalue weighted by Gasteiger charge is -2.23. The van der Waals surface area contributed by atoms with Crippen molar-refractivity contribution in [3.63, 3.8) is 0 Å². The van der Waals surface area contributed by atoms with Gasteiger partial charge in [0.05, 0.1) is 29.8 Å². The maximum Gasteiger partial charge on any atom is 0.238 e. The number of hydrogen-bond acceptors (Lipinski definition) is 4. The largest absolute Gasteiger partial charge is 0.347 e. The molecule has 7 nitrogen and oxygen atoms in total. The Balaban J connectivity index is 1.63. The molecule has 19 heavy (non-hydrogen) atoms. The Bertz CT molecular complexity index is 561. The third-order valence-electron chi connectivity index (χ3n) is 3.34. The summed E-state index contributed by atoms with van der Waals surface area (Å²) in [5.41, 5.74) is 2.02. The van der Waals surface area contributed by atoms with Crippen molar-refractivity contribution in [2.75, 3.05) is 0 Å². The molecule has 3 rings (SSSR count). The number of fused-ring (bicyclic) bond motifs is 1. The lowest BCUT2D eigenvalue weighted by Crippen LogP contribution is -2.48. The van der Waals surface area contributed by atoms with E-state index in [9.17, 15) is 4.79 Å². The summed E-state index contributed by atoms with van der Waals surface area (Å²) in [6.07, 6.45) is 5.69. The molecule has 3 heterocycles. The maximum atomic E-state index is 12.2. The van der Waals surface area contributed by atoms with E-state index < -0.39 is 0 Å². The molecule has 0 radical (unpaired) electrons. The van der Waals surface area contributed by atoms with Crippen LogP contribution in [-0.2, 0) is 17.8 Å². The molecule has 1 amide bonds. The predicted molar refractivity (Wildman–Crippen MR) is 68.1 cm³/mol. The Morgan fingerprint density at radius 1 is 1.47 bits per heavy atom. The van der Waals surface area contributed by atoms with Gasteiger partial charge in [-0.25, -0.2) is 9.97 Å². The summed E-state index contributed by atoms with van der Waals surface area (Å²) in [5.74, 6) is 0.724. The van der Waals surface area contributed by atoms with Gasteiger partial charge < -0.3 is 15.3 Å². The fourth-order valence-corrected chi connectivity index (χ4v) is 2.25. The normalized spacial score (nSPS) is 19.7. The highest BCUT2D eigenvalue weighted by molar-refractivity contribution is 5.82. The number of carbonyl (C=O) groups is 1. The molecular formula is C12H16N6O. The minimum atomic E-state index is -0.242. The second-order valence-corrected chi connectivity index (χ2v) is 4.67. The van der Waals surface area contributed by atoms with E-state index in [4.69, 9.17) is 0 Å². The molecule has 1 aliphatic rings. The van der Waals surface area contributed by atoms with E-state index >= 15 is 0 Å². The molecule has 0 bridgehead atoms. The smallest absolute Gasteiger partial charge is 0.238 e. The van der Waals surface area contributed by atoms with E-state index in [1.807, 2.05) is 6.92 Å². The maximum absolute atomic E-state index is 12.2. The highest BCUT2D eigenvalue weighted by Gasteiger charge is 2.26. The first-order chi connectivity index (χ1) is 9.24. The zero-order chi connectivity index (χ0) is 13.2. The SMILES string of the molecule is CC(NC(=O)C1Cc2nc[nH]c2CN1)c1ncc[nH]1. The standard InChI is InChI=1S/C12H16N6O/c1-7(11-13-2-3-14-11)18-12(19)9-4-8-10(5-15-9)17-6-16-8/h2-3,6-7,9,15H,4-5H2,1H3,(H,13,14)(H,16,17)(H,18,19). The molecular weight excluding hydrogens is 244 g/mol. The Morgan fingerprint density at radius 2 is 2.37 bits per heavy atom. The van der Waals surface area contributed by atoms with Crippen molar-refractivity contribution in [1.82, 2.24) is 30.6 Å². The van der Waals surface area contributed by atoms with Crippen LogP contribution in [0.1, 0.15) is 30.2 Å². The molecule has 0 fully saturated rings. The van der Waals surface area contributed by atoms with Gasteiger partial charge in [0.25, 0.3) is 0 Å². The molecule has 2 atom stereocenters. The highest BCUT2D eigenvalue weighted by Crippen LogP contribution is 2.13. The summed E-state index contributed by atoms with van der Waals surface area (Å²) in [7, 11) is 0. The second kappa shape index (κ2) is 4.85. The number of nitrogens with zero attached hydrogens (tertiary/aromatic N) is 2. The van der Waals surface area contributed by atoms with Crippen LogP contribution in [-0.4, -0.2) is 31.9 Å². The molecule has 100 valence electrons. The minimum Gasteiger partial charge on any atom is -0.347 e. The molecule has 1 aliphatic heterocycles. The van der Waals surface area contributed by atoms with Crippen LogP contribution in [0.2, 0.25) is 0 Å². The monoisotopic (exact) mass is 260 g/mol. The van der Waals surface area contributed by atoms with Crippen LogP contribution < -0.4 is 10.6 Å². The van der Waals surface area contributed by atoms with Crippen LogP contribution in [0.25, 0.3) is 0 Å². The molecule has 7 heteroatoms. The topological polar surface area (TPSA) is 98.5 Å². The van der Waals surface area contributed by atoms with Crippen molar-refractivity contribution >= 4 is 5.91 Å². The number of carbonyl (C=O) groups excluding carboxylic acids is 1. The van der Waals surface area contributed by atoms with Crippen LogP contribution in [0.5, 0.6) is 0 Å². The van der Waals surface area contributed by atoms with Crippen LogP contribution in [0, 0.1) is 0 Å². The number of H-pyrrole nitrogens is 2. The first kappa shape index (κ1) is 11.9. The quantitative estimate of drug-likeness (QED) is 0.625. The number of amides is 1. The van der Waals surface area contributed by atoms with Crippen molar-refractivity contribution in [1.29, 1.82) is 0 Å². The Morgan fingerprint density at radius 3 is 3.16 bits per heavy atom. The summed E-state index contributed by atoms with van der Waals surface area (Å²) in [4.78, 5) is 26.6. The molecule has 0 spiro atoms. The Hall–Kier alpha value is -2.15. The number of imidazole rings is 2. The lowest BCUT2D eigenvalue weighted by atomic mass is 10.0. The fraction of sp³-hybridized carbons (Fsp3) is 0.417. The summed E-state index contributed by atoms with van der Waals surface area (Å²) in [5, 5.41) is 6.14. The molecule has 0 saturated carbocycles. The third kappa shape index (κ3) is 2.37. The van der Waals surface area contributed by atoms with Gasteiger partial charge in [0.15, 0.2) is 0 Å². The van der Waals surface area contributed by atoms with Crippen LogP contribution >= 0.6 is 0 Å². The van der Waals surface area contributed by atoms with Gasteiger partial charge in [-0.15, -0.1) is 0 Å². The molecule has 2 aromatic heterocycles. The van der Waals surface area contributed by atoms with E-state index in [2.05, 4.69) is 30.6 Å². The number of rotatable bonds is 3. The summed E-state index contributed by atoms with van der Waals surface area (Å²) in [6.45, 7) is 2.54. The van der Waals surface area contributed by atoms with Gasteiger partial charge in [0.1, 0.15) is 5.82 Å². The van der Waals surface area contributed by atoms with Gasteiger partial charge in [-0.2, -0.15) is 0 Å². The number of aromatic nitrogens is 4. The van der Waals surface area contributed by atoms with Crippen molar-refractivity contribution < 1.29 is 4.79 Å². The molecule has 0 aromatic carbocycles. The minimum absolute atomic E-state index is 0.0300. The van der Waals surface area contributed by atoms with Crippen LogP contribution in [0.4, 0.5) is 0 Å². The van der Waals surface area contributed by atoms with E-state index in [1.54, 1.807) is 18.7 Å². The lowest BCUT2D eigenvalue weighted by molar-refractivity contribution is -0.124. The van der Waals surface area contributed by atoms with Gasteiger partial charge in [0, 0.05) is 25.4 Å². The predicted octanol–water partition coefficient (Wildman–Crippen LogP) is 0.0245. The van der Waals surface area contributed by atoms with Gasteiger partial charge in [0.2, 0.25) is 5.91 Å². The second-order valence-electron chi connectivity index (χ2n) is 4.67. The van der Waals surface area contributed by atoms with Crippen molar-refractivity contribution in [2.45, 2.75) is 32.0 Å².